The van der Waals surface area contributed by atoms with E-state index in [9.17, 15) is 4.79 Å². The fraction of sp³-hybridized carbons (Fsp3) is 0.625. The maximum atomic E-state index is 10.7. The molecule has 9 heavy (non-hydrogen) atoms. The standard InChI is InChI=1S/C8H14O/c1-3-5-6-7-8(9)4-2/h3,5H,4,6-7H2,1-2H3/b5-3-. The molecule has 0 rings (SSSR count). The summed E-state index contributed by atoms with van der Waals surface area (Å²) >= 11 is 0. The van der Waals surface area contributed by atoms with E-state index in [2.05, 4.69) is 0 Å². The lowest BCUT2D eigenvalue weighted by Crippen LogP contribution is -1.92. The molecule has 0 unspecified atom stereocenters. The Balaban J connectivity index is 3.17. The molecule has 0 amide bonds. The molecule has 0 aromatic rings. The number of ketones is 1. The lowest BCUT2D eigenvalue weighted by molar-refractivity contribution is -0.118. The van der Waals surface area contributed by atoms with Gasteiger partial charge in [-0.1, -0.05) is 19.1 Å². The number of rotatable bonds is 4. The van der Waals surface area contributed by atoms with Crippen LogP contribution in [-0.4, -0.2) is 5.78 Å². The van der Waals surface area contributed by atoms with E-state index >= 15 is 0 Å². The highest BCUT2D eigenvalue weighted by Gasteiger charge is 1.92. The number of hydrogen-bond acceptors (Lipinski definition) is 1. The van der Waals surface area contributed by atoms with Gasteiger partial charge in [-0.05, 0) is 13.3 Å². The average molecular weight is 126 g/mol. The monoisotopic (exact) mass is 126 g/mol. The van der Waals surface area contributed by atoms with Crippen LogP contribution in [0.1, 0.15) is 33.1 Å². The molecule has 1 heteroatoms. The van der Waals surface area contributed by atoms with Crippen LogP contribution in [0, 0.1) is 0 Å². The maximum Gasteiger partial charge on any atom is 0.132 e. The zero-order valence-electron chi connectivity index (χ0n) is 6.18. The van der Waals surface area contributed by atoms with Gasteiger partial charge >= 0.3 is 0 Å². The molecule has 0 N–H and O–H groups in total. The third-order valence-electron chi connectivity index (χ3n) is 1.22. The lowest BCUT2D eigenvalue weighted by Gasteiger charge is -1.89. The van der Waals surface area contributed by atoms with E-state index in [1.54, 1.807) is 0 Å². The molecule has 0 aliphatic heterocycles. The van der Waals surface area contributed by atoms with Crippen LogP contribution in [0.25, 0.3) is 0 Å². The van der Waals surface area contributed by atoms with Gasteiger partial charge in [0.25, 0.3) is 0 Å². The van der Waals surface area contributed by atoms with E-state index in [1.165, 1.54) is 0 Å². The van der Waals surface area contributed by atoms with Crippen molar-refractivity contribution in [2.24, 2.45) is 0 Å². The molecule has 0 aliphatic rings. The van der Waals surface area contributed by atoms with Gasteiger partial charge in [-0.2, -0.15) is 0 Å². The van der Waals surface area contributed by atoms with Gasteiger partial charge in [0, 0.05) is 12.8 Å². The lowest BCUT2D eigenvalue weighted by atomic mass is 10.2. The Labute approximate surface area is 56.8 Å². The van der Waals surface area contributed by atoms with Crippen LogP contribution in [0.15, 0.2) is 12.2 Å². The topological polar surface area (TPSA) is 17.1 Å². The van der Waals surface area contributed by atoms with Crippen LogP contribution in [0.4, 0.5) is 0 Å². The van der Waals surface area contributed by atoms with E-state index in [0.717, 1.165) is 6.42 Å². The van der Waals surface area contributed by atoms with E-state index in [4.69, 9.17) is 0 Å². The van der Waals surface area contributed by atoms with Crippen molar-refractivity contribution >= 4 is 5.78 Å². The number of Topliss-reactive ketones (excluding diaryl/α,β-unsaturated/α-hetero) is 1. The highest BCUT2D eigenvalue weighted by molar-refractivity contribution is 5.78. The Kier molecular flexibility index (Phi) is 5.18. The summed E-state index contributed by atoms with van der Waals surface area (Å²) in [5.74, 6) is 0.355. The molecule has 0 bridgehead atoms. The SMILES string of the molecule is C/C=C\CCC(=O)CC. The molecule has 0 saturated carbocycles. The summed E-state index contributed by atoms with van der Waals surface area (Å²) < 4.78 is 0. The van der Waals surface area contributed by atoms with E-state index in [0.29, 0.717) is 18.6 Å². The summed E-state index contributed by atoms with van der Waals surface area (Å²) in [7, 11) is 0. The van der Waals surface area contributed by atoms with E-state index in [1.807, 2.05) is 26.0 Å². The second kappa shape index (κ2) is 5.54. The van der Waals surface area contributed by atoms with Crippen molar-refractivity contribution in [3.8, 4) is 0 Å². The third kappa shape index (κ3) is 5.28. The summed E-state index contributed by atoms with van der Waals surface area (Å²) in [6.07, 6.45) is 6.29. The van der Waals surface area contributed by atoms with E-state index in [-0.39, 0.29) is 0 Å². The first-order valence-corrected chi connectivity index (χ1v) is 3.44. The number of hydrogen-bond donors (Lipinski definition) is 0. The molecule has 52 valence electrons. The smallest absolute Gasteiger partial charge is 0.132 e. The Morgan fingerprint density at radius 1 is 1.56 bits per heavy atom. The van der Waals surface area contributed by atoms with Crippen LogP contribution >= 0.6 is 0 Å². The van der Waals surface area contributed by atoms with Crippen LogP contribution in [0.2, 0.25) is 0 Å². The van der Waals surface area contributed by atoms with Crippen molar-refractivity contribution in [1.82, 2.24) is 0 Å². The molecule has 0 aliphatic carbocycles. The van der Waals surface area contributed by atoms with Gasteiger partial charge in [-0.3, -0.25) is 4.79 Å². The summed E-state index contributed by atoms with van der Waals surface area (Å²) in [6, 6.07) is 0. The second-order valence-corrected chi connectivity index (χ2v) is 2.00. The fourth-order valence-corrected chi connectivity index (χ4v) is 0.588. The van der Waals surface area contributed by atoms with Crippen molar-refractivity contribution < 1.29 is 4.79 Å². The van der Waals surface area contributed by atoms with Crippen LogP contribution in [0.5, 0.6) is 0 Å². The third-order valence-corrected chi connectivity index (χ3v) is 1.22. The molecular weight excluding hydrogens is 112 g/mol. The molecule has 0 aromatic carbocycles. The molecule has 0 spiro atoms. The van der Waals surface area contributed by atoms with Crippen molar-refractivity contribution in [1.29, 1.82) is 0 Å². The van der Waals surface area contributed by atoms with Crippen molar-refractivity contribution in [3.63, 3.8) is 0 Å². The average Bonchev–Trinajstić information content (AvgIpc) is 1.89. The molecule has 1 nitrogen and oxygen atoms in total. The Bertz CT molecular complexity index is 103. The highest BCUT2D eigenvalue weighted by Crippen LogP contribution is 1.94. The van der Waals surface area contributed by atoms with Crippen molar-refractivity contribution in [2.75, 3.05) is 0 Å². The van der Waals surface area contributed by atoms with Crippen molar-refractivity contribution in [2.45, 2.75) is 33.1 Å². The van der Waals surface area contributed by atoms with Gasteiger partial charge < -0.3 is 0 Å². The molecule has 0 radical (unpaired) electrons. The van der Waals surface area contributed by atoms with Gasteiger partial charge in [0.05, 0.1) is 0 Å². The first-order chi connectivity index (χ1) is 4.31. The number of carbonyl (C=O) groups is 1. The molecule has 0 atom stereocenters. The van der Waals surface area contributed by atoms with Gasteiger partial charge in [0.2, 0.25) is 0 Å². The number of carbonyl (C=O) groups excluding carboxylic acids is 1. The van der Waals surface area contributed by atoms with Gasteiger partial charge in [-0.25, -0.2) is 0 Å². The molecule has 0 saturated heterocycles. The Hall–Kier alpha value is -0.590. The fourth-order valence-electron chi connectivity index (χ4n) is 0.588. The molecular formula is C8H14O. The van der Waals surface area contributed by atoms with Gasteiger partial charge in [0.1, 0.15) is 5.78 Å². The maximum absolute atomic E-state index is 10.7. The molecule has 0 aromatic heterocycles. The summed E-state index contributed by atoms with van der Waals surface area (Å²) in [6.45, 7) is 3.87. The minimum atomic E-state index is 0.355. The summed E-state index contributed by atoms with van der Waals surface area (Å²) in [5.41, 5.74) is 0. The summed E-state index contributed by atoms with van der Waals surface area (Å²) in [5, 5.41) is 0. The minimum absolute atomic E-state index is 0.355. The van der Waals surface area contributed by atoms with Crippen LogP contribution < -0.4 is 0 Å². The normalized spacial score (nSPS) is 10.4. The predicted molar refractivity (Wildman–Crippen MR) is 39.3 cm³/mol. The number of allylic oxidation sites excluding steroid dienone is 2. The van der Waals surface area contributed by atoms with Crippen LogP contribution in [-0.2, 0) is 4.79 Å². The zero-order chi connectivity index (χ0) is 7.11. The predicted octanol–water partition coefficient (Wildman–Crippen LogP) is 2.32. The van der Waals surface area contributed by atoms with Gasteiger partial charge in [-0.15, -0.1) is 0 Å². The largest absolute Gasteiger partial charge is 0.300 e. The Morgan fingerprint density at radius 3 is 2.67 bits per heavy atom. The highest BCUT2D eigenvalue weighted by atomic mass is 16.1. The molecule has 0 heterocycles. The zero-order valence-corrected chi connectivity index (χ0v) is 6.18. The van der Waals surface area contributed by atoms with Crippen molar-refractivity contribution in [3.05, 3.63) is 12.2 Å². The quantitative estimate of drug-likeness (QED) is 0.528. The summed E-state index contributed by atoms with van der Waals surface area (Å²) in [4.78, 5) is 10.7. The first kappa shape index (κ1) is 8.41. The molecule has 0 fully saturated rings. The Morgan fingerprint density at radius 2 is 2.22 bits per heavy atom. The first-order valence-electron chi connectivity index (χ1n) is 3.44. The minimum Gasteiger partial charge on any atom is -0.300 e. The van der Waals surface area contributed by atoms with Gasteiger partial charge in [0.15, 0.2) is 0 Å². The van der Waals surface area contributed by atoms with E-state index < -0.39 is 0 Å². The van der Waals surface area contributed by atoms with Crippen LogP contribution in [0.3, 0.4) is 0 Å². The second-order valence-electron chi connectivity index (χ2n) is 2.00.